The molecule has 2 rings (SSSR count). The zero-order valence-electron chi connectivity index (χ0n) is 15.1. The SMILES string of the molecule is CCOC(=O)c1ccc(-n2c(C)cc(C(O)C(O)CNC)c2C)cc1. The first kappa shape index (κ1) is 19.2. The van der Waals surface area contributed by atoms with E-state index in [2.05, 4.69) is 5.32 Å². The summed E-state index contributed by atoms with van der Waals surface area (Å²) in [7, 11) is 1.73. The summed E-state index contributed by atoms with van der Waals surface area (Å²) in [4.78, 5) is 11.8. The quantitative estimate of drug-likeness (QED) is 0.667. The molecule has 0 spiro atoms. The maximum atomic E-state index is 11.8. The fraction of sp³-hybridized carbons (Fsp3) is 0.421. The van der Waals surface area contributed by atoms with Gasteiger partial charge in [0.05, 0.1) is 18.3 Å². The number of aliphatic hydroxyl groups excluding tert-OH is 2. The number of nitrogens with one attached hydrogen (secondary N) is 1. The van der Waals surface area contributed by atoms with Crippen LogP contribution in [-0.4, -0.2) is 47.1 Å². The van der Waals surface area contributed by atoms with Crippen LogP contribution in [0.3, 0.4) is 0 Å². The highest BCUT2D eigenvalue weighted by molar-refractivity contribution is 5.89. The number of likely N-dealkylation sites (N-methyl/N-ethyl adjacent to an activating group) is 1. The van der Waals surface area contributed by atoms with E-state index in [1.54, 1.807) is 26.1 Å². The molecule has 1 heterocycles. The van der Waals surface area contributed by atoms with Crippen molar-refractivity contribution in [2.24, 2.45) is 0 Å². The summed E-state index contributed by atoms with van der Waals surface area (Å²) in [5, 5.41) is 23.3. The summed E-state index contributed by atoms with van der Waals surface area (Å²) < 4.78 is 6.98. The molecule has 0 saturated carbocycles. The van der Waals surface area contributed by atoms with Gasteiger partial charge in [-0.25, -0.2) is 4.79 Å². The Bertz CT molecular complexity index is 722. The van der Waals surface area contributed by atoms with Gasteiger partial charge in [-0.15, -0.1) is 0 Å². The average Bonchev–Trinajstić information content (AvgIpc) is 2.89. The van der Waals surface area contributed by atoms with Crippen LogP contribution < -0.4 is 5.32 Å². The molecule has 0 radical (unpaired) electrons. The number of hydrogen-bond acceptors (Lipinski definition) is 5. The second-order valence-electron chi connectivity index (χ2n) is 6.00. The van der Waals surface area contributed by atoms with Crippen LogP contribution in [-0.2, 0) is 4.74 Å². The number of rotatable bonds is 7. The Balaban J connectivity index is 2.32. The molecule has 0 bridgehead atoms. The Hall–Kier alpha value is -2.15. The van der Waals surface area contributed by atoms with Gasteiger partial charge in [0.25, 0.3) is 0 Å². The molecule has 6 heteroatoms. The topological polar surface area (TPSA) is 83.7 Å². The van der Waals surface area contributed by atoms with Crippen LogP contribution in [0.1, 0.15) is 40.3 Å². The van der Waals surface area contributed by atoms with Gasteiger partial charge in [0.2, 0.25) is 0 Å². The lowest BCUT2D eigenvalue weighted by Crippen LogP contribution is -2.29. The summed E-state index contributed by atoms with van der Waals surface area (Å²) in [6.07, 6.45) is -1.85. The van der Waals surface area contributed by atoms with E-state index >= 15 is 0 Å². The van der Waals surface area contributed by atoms with Gasteiger partial charge in [-0.05, 0) is 58.2 Å². The molecule has 6 nitrogen and oxygen atoms in total. The minimum Gasteiger partial charge on any atom is -0.462 e. The van der Waals surface area contributed by atoms with Crippen LogP contribution in [0.2, 0.25) is 0 Å². The van der Waals surface area contributed by atoms with Gasteiger partial charge in [0.15, 0.2) is 0 Å². The molecule has 136 valence electrons. The number of nitrogens with zero attached hydrogens (tertiary/aromatic N) is 1. The van der Waals surface area contributed by atoms with Crippen molar-refractivity contribution in [2.45, 2.75) is 33.0 Å². The Labute approximate surface area is 148 Å². The van der Waals surface area contributed by atoms with Gasteiger partial charge in [-0.1, -0.05) is 0 Å². The number of benzene rings is 1. The van der Waals surface area contributed by atoms with Crippen LogP contribution in [0.4, 0.5) is 0 Å². The number of carbonyl (C=O) groups excluding carboxylic acids is 1. The number of hydrogen-bond donors (Lipinski definition) is 3. The van der Waals surface area contributed by atoms with Crippen molar-refractivity contribution >= 4 is 5.97 Å². The average molecular weight is 346 g/mol. The summed E-state index contributed by atoms with van der Waals surface area (Å²) in [6, 6.07) is 8.99. The summed E-state index contributed by atoms with van der Waals surface area (Å²) in [5.41, 5.74) is 3.85. The van der Waals surface area contributed by atoms with E-state index in [-0.39, 0.29) is 5.97 Å². The maximum absolute atomic E-state index is 11.8. The summed E-state index contributed by atoms with van der Waals surface area (Å²) >= 11 is 0. The summed E-state index contributed by atoms with van der Waals surface area (Å²) in [6.45, 7) is 6.25. The molecular formula is C19H26N2O4. The van der Waals surface area contributed by atoms with E-state index < -0.39 is 12.2 Å². The predicted molar refractivity (Wildman–Crippen MR) is 96.1 cm³/mol. The second kappa shape index (κ2) is 8.29. The zero-order valence-corrected chi connectivity index (χ0v) is 15.1. The monoisotopic (exact) mass is 346 g/mol. The van der Waals surface area contributed by atoms with Crippen molar-refractivity contribution in [3.05, 3.63) is 52.8 Å². The smallest absolute Gasteiger partial charge is 0.338 e. The van der Waals surface area contributed by atoms with Crippen LogP contribution in [0.25, 0.3) is 5.69 Å². The van der Waals surface area contributed by atoms with Crippen molar-refractivity contribution < 1.29 is 19.7 Å². The third-order valence-electron chi connectivity index (χ3n) is 4.20. The normalized spacial score (nSPS) is 13.5. The molecule has 0 aliphatic heterocycles. The lowest BCUT2D eigenvalue weighted by atomic mass is 10.0. The molecular weight excluding hydrogens is 320 g/mol. The fourth-order valence-corrected chi connectivity index (χ4v) is 2.97. The molecule has 2 aromatic rings. The van der Waals surface area contributed by atoms with E-state index in [0.717, 1.165) is 17.1 Å². The first-order valence-corrected chi connectivity index (χ1v) is 8.37. The molecule has 25 heavy (non-hydrogen) atoms. The molecule has 0 amide bonds. The van der Waals surface area contributed by atoms with Crippen LogP contribution in [0, 0.1) is 13.8 Å². The van der Waals surface area contributed by atoms with Crippen molar-refractivity contribution in [3.63, 3.8) is 0 Å². The zero-order chi connectivity index (χ0) is 18.6. The lowest BCUT2D eigenvalue weighted by Gasteiger charge is -2.18. The number of aromatic nitrogens is 1. The molecule has 0 saturated heterocycles. The third kappa shape index (κ3) is 4.10. The Morgan fingerprint density at radius 1 is 1.24 bits per heavy atom. The molecule has 0 aliphatic carbocycles. The maximum Gasteiger partial charge on any atom is 0.338 e. The third-order valence-corrected chi connectivity index (χ3v) is 4.20. The molecule has 1 aromatic carbocycles. The highest BCUT2D eigenvalue weighted by atomic mass is 16.5. The van der Waals surface area contributed by atoms with Gasteiger partial charge >= 0.3 is 5.97 Å². The molecule has 1 aromatic heterocycles. The molecule has 0 aliphatic rings. The van der Waals surface area contributed by atoms with Gasteiger partial charge in [0, 0.05) is 29.2 Å². The molecule has 2 unspecified atom stereocenters. The van der Waals surface area contributed by atoms with E-state index in [9.17, 15) is 15.0 Å². The number of ether oxygens (including phenoxy) is 1. The van der Waals surface area contributed by atoms with Gasteiger partial charge < -0.3 is 24.8 Å². The minimum atomic E-state index is -0.966. The number of aliphatic hydroxyl groups is 2. The minimum absolute atomic E-state index is 0.305. The lowest BCUT2D eigenvalue weighted by molar-refractivity contribution is 0.0199. The molecule has 3 N–H and O–H groups in total. The standard InChI is InChI=1S/C19H26N2O4/c1-5-25-19(24)14-6-8-15(9-7-14)21-12(2)10-16(13(21)3)18(23)17(22)11-20-4/h6-10,17-18,20,22-23H,5,11H2,1-4H3. The van der Waals surface area contributed by atoms with Crippen molar-refractivity contribution in [1.29, 1.82) is 0 Å². The number of carbonyl (C=O) groups is 1. The van der Waals surface area contributed by atoms with Gasteiger partial charge in [-0.2, -0.15) is 0 Å². The van der Waals surface area contributed by atoms with Crippen LogP contribution in [0.15, 0.2) is 30.3 Å². The number of aryl methyl sites for hydroxylation is 1. The second-order valence-corrected chi connectivity index (χ2v) is 6.00. The Kier molecular flexibility index (Phi) is 6.36. The van der Waals surface area contributed by atoms with Crippen molar-refractivity contribution in [1.82, 2.24) is 9.88 Å². The fourth-order valence-electron chi connectivity index (χ4n) is 2.97. The molecule has 0 fully saturated rings. The highest BCUT2D eigenvalue weighted by Gasteiger charge is 2.23. The largest absolute Gasteiger partial charge is 0.462 e. The van der Waals surface area contributed by atoms with Crippen LogP contribution >= 0.6 is 0 Å². The highest BCUT2D eigenvalue weighted by Crippen LogP contribution is 2.27. The van der Waals surface area contributed by atoms with Crippen molar-refractivity contribution in [2.75, 3.05) is 20.2 Å². The first-order chi connectivity index (χ1) is 11.9. The number of esters is 1. The first-order valence-electron chi connectivity index (χ1n) is 8.37. The van der Waals surface area contributed by atoms with E-state index in [0.29, 0.717) is 24.3 Å². The molecule has 2 atom stereocenters. The van der Waals surface area contributed by atoms with Crippen molar-refractivity contribution in [3.8, 4) is 5.69 Å². The van der Waals surface area contributed by atoms with E-state index in [1.807, 2.05) is 36.6 Å². The van der Waals surface area contributed by atoms with Gasteiger partial charge in [0.1, 0.15) is 6.10 Å². The Morgan fingerprint density at radius 3 is 2.44 bits per heavy atom. The van der Waals surface area contributed by atoms with Gasteiger partial charge in [-0.3, -0.25) is 0 Å². The van der Waals surface area contributed by atoms with E-state index in [1.165, 1.54) is 0 Å². The van der Waals surface area contributed by atoms with Crippen LogP contribution in [0.5, 0.6) is 0 Å². The van der Waals surface area contributed by atoms with E-state index in [4.69, 9.17) is 4.74 Å². The predicted octanol–water partition coefficient (Wildman–Crippen LogP) is 1.88. The Morgan fingerprint density at radius 2 is 1.88 bits per heavy atom. The summed E-state index contributed by atoms with van der Waals surface area (Å²) in [5.74, 6) is -0.346.